The molecule has 0 heterocycles. The van der Waals surface area contributed by atoms with E-state index >= 15 is 0 Å². The molecule has 0 amide bonds. The van der Waals surface area contributed by atoms with Crippen molar-refractivity contribution in [3.63, 3.8) is 0 Å². The second-order valence-electron chi connectivity index (χ2n) is 1.47. The zero-order valence-electron chi connectivity index (χ0n) is 8.52. The summed E-state index contributed by atoms with van der Waals surface area (Å²) < 4.78 is 27.6. The van der Waals surface area contributed by atoms with Gasteiger partial charge in [-0.1, -0.05) is 11.6 Å². The topological polar surface area (TPSA) is 20.2 Å². The Morgan fingerprint density at radius 1 is 2.14 bits per heavy atom. The molecule has 0 aliphatic heterocycles. The summed E-state index contributed by atoms with van der Waals surface area (Å²) in [5, 5.41) is 8.89. The van der Waals surface area contributed by atoms with E-state index in [1.807, 2.05) is 0 Å². The molecule has 42 valence electrons. The van der Waals surface area contributed by atoms with Crippen molar-refractivity contribution in [2.75, 3.05) is 0 Å². The molecular weight excluding hydrogens is 88.1 g/mol. The van der Waals surface area contributed by atoms with Crippen LogP contribution in [0.25, 0.3) is 0 Å². The summed E-state index contributed by atoms with van der Waals surface area (Å²) in [6, 6.07) is 0. The van der Waals surface area contributed by atoms with Crippen LogP contribution in [0, 0.1) is 0 Å². The summed E-state index contributed by atoms with van der Waals surface area (Å²) in [6.07, 6.45) is -0.779. The fraction of sp³-hybridized carbons (Fsp3) is 0.667. The van der Waals surface area contributed by atoms with Gasteiger partial charge in [-0.25, -0.2) is 0 Å². The second-order valence-corrected chi connectivity index (χ2v) is 1.47. The van der Waals surface area contributed by atoms with E-state index in [1.54, 1.807) is 0 Å². The van der Waals surface area contributed by atoms with Gasteiger partial charge in [-0.15, -0.1) is 0 Å². The first kappa shape index (κ1) is 2.31. The standard InChI is InChI=1S/C6H12O/c1-5(2)4-6(3)7/h4,6-7H,1-3H3/i1D3,6D/b5-4+. The summed E-state index contributed by atoms with van der Waals surface area (Å²) in [6.45, 7) is 0.378. The number of allylic oxidation sites excluding steroid dienone is 1. The van der Waals surface area contributed by atoms with Crippen molar-refractivity contribution in [3.8, 4) is 0 Å². The first-order chi connectivity index (χ1) is 4.63. The first-order valence-corrected chi connectivity index (χ1v) is 2.05. The van der Waals surface area contributed by atoms with Crippen molar-refractivity contribution in [1.29, 1.82) is 0 Å². The first-order valence-electron chi connectivity index (χ1n) is 4.05. The summed E-state index contributed by atoms with van der Waals surface area (Å²) >= 11 is 0. The highest BCUT2D eigenvalue weighted by atomic mass is 16.3. The van der Waals surface area contributed by atoms with E-state index in [1.165, 1.54) is 13.8 Å². The van der Waals surface area contributed by atoms with Gasteiger partial charge in [0.15, 0.2) is 0 Å². The molecule has 0 rings (SSSR count). The van der Waals surface area contributed by atoms with E-state index in [4.69, 9.17) is 10.6 Å². The molecular formula is C6H12O. The lowest BCUT2D eigenvalue weighted by Gasteiger charge is -1.92. The quantitative estimate of drug-likeness (QED) is 0.498. The Kier molecular flexibility index (Phi) is 0.927. The summed E-state index contributed by atoms with van der Waals surface area (Å²) in [7, 11) is 0. The number of hydrogen-bond donors (Lipinski definition) is 1. The van der Waals surface area contributed by atoms with Crippen LogP contribution in [0.4, 0.5) is 0 Å². The van der Waals surface area contributed by atoms with Crippen molar-refractivity contribution < 1.29 is 10.6 Å². The lowest BCUT2D eigenvalue weighted by molar-refractivity contribution is 0.243. The molecule has 1 nitrogen and oxygen atoms in total. The Hall–Kier alpha value is -0.300. The van der Waals surface area contributed by atoms with Gasteiger partial charge in [-0.05, 0) is 20.7 Å². The van der Waals surface area contributed by atoms with Crippen LogP contribution in [0.5, 0.6) is 0 Å². The fourth-order valence-corrected chi connectivity index (χ4v) is 0.313. The molecule has 0 fully saturated rings. The van der Waals surface area contributed by atoms with E-state index in [9.17, 15) is 0 Å². The molecule has 1 unspecified atom stereocenters. The average molecular weight is 104 g/mol. The molecule has 0 radical (unpaired) electrons. The molecule has 0 spiro atoms. The van der Waals surface area contributed by atoms with Crippen molar-refractivity contribution in [2.45, 2.75) is 26.8 Å². The third kappa shape index (κ3) is 5.70. The second kappa shape index (κ2) is 2.80. The molecule has 7 heavy (non-hydrogen) atoms. The van der Waals surface area contributed by atoms with Gasteiger partial charge in [-0.2, -0.15) is 0 Å². The maximum atomic E-state index is 8.89. The van der Waals surface area contributed by atoms with Crippen LogP contribution in [0.15, 0.2) is 11.6 Å². The van der Waals surface area contributed by atoms with Gasteiger partial charge < -0.3 is 5.11 Å². The van der Waals surface area contributed by atoms with Gasteiger partial charge in [0.05, 0.1) is 7.45 Å². The van der Waals surface area contributed by atoms with Crippen molar-refractivity contribution >= 4 is 0 Å². The monoisotopic (exact) mass is 104 g/mol. The van der Waals surface area contributed by atoms with Crippen LogP contribution >= 0.6 is 0 Å². The average Bonchev–Trinajstić information content (AvgIpc) is 1.56. The highest BCUT2D eigenvalue weighted by Crippen LogP contribution is 1.90. The SMILES string of the molecule is [2H]C(C)(O)/C=C(/C)C([2H])([2H])[2H]. The Morgan fingerprint density at radius 3 is 2.86 bits per heavy atom. The van der Waals surface area contributed by atoms with Crippen LogP contribution < -0.4 is 0 Å². The van der Waals surface area contributed by atoms with Crippen LogP contribution in [0.1, 0.15) is 26.2 Å². The third-order valence-corrected chi connectivity index (χ3v) is 0.425. The maximum absolute atomic E-state index is 8.89. The zero-order valence-corrected chi connectivity index (χ0v) is 4.52. The molecule has 0 aliphatic carbocycles. The fourth-order valence-electron chi connectivity index (χ4n) is 0.313. The molecule has 0 aromatic heterocycles. The molecule has 0 aliphatic rings. The minimum Gasteiger partial charge on any atom is -0.389 e. The van der Waals surface area contributed by atoms with E-state index in [0.29, 0.717) is 0 Å². The highest BCUT2D eigenvalue weighted by Gasteiger charge is 1.83. The van der Waals surface area contributed by atoms with Gasteiger partial charge >= 0.3 is 0 Å². The predicted octanol–water partition coefficient (Wildman–Crippen LogP) is 1.33. The van der Waals surface area contributed by atoms with Crippen LogP contribution in [0.2, 0.25) is 0 Å². The number of rotatable bonds is 1. The number of hydrogen-bond acceptors (Lipinski definition) is 1. The Bertz CT molecular complexity index is 162. The largest absolute Gasteiger partial charge is 0.389 e. The van der Waals surface area contributed by atoms with Crippen LogP contribution in [-0.4, -0.2) is 11.2 Å². The molecule has 0 saturated carbocycles. The van der Waals surface area contributed by atoms with Gasteiger partial charge in [0.25, 0.3) is 0 Å². The van der Waals surface area contributed by atoms with Crippen LogP contribution in [-0.2, 0) is 0 Å². The maximum Gasteiger partial charge on any atom is 0.0695 e. The van der Waals surface area contributed by atoms with Gasteiger partial charge in [0.2, 0.25) is 0 Å². The smallest absolute Gasteiger partial charge is 0.0695 e. The van der Waals surface area contributed by atoms with Crippen molar-refractivity contribution in [2.24, 2.45) is 0 Å². The van der Waals surface area contributed by atoms with Crippen molar-refractivity contribution in [1.82, 2.24) is 0 Å². The number of aliphatic hydroxyl groups is 1. The zero-order chi connectivity index (χ0) is 9.28. The minimum absolute atomic E-state index is 0.0394. The summed E-state index contributed by atoms with van der Waals surface area (Å²) in [4.78, 5) is 0. The summed E-state index contributed by atoms with van der Waals surface area (Å²) in [5.74, 6) is 0. The lowest BCUT2D eigenvalue weighted by Crippen LogP contribution is -1.92. The van der Waals surface area contributed by atoms with Gasteiger partial charge in [0, 0.05) is 4.11 Å². The van der Waals surface area contributed by atoms with E-state index in [0.717, 1.165) is 6.08 Å². The third-order valence-electron chi connectivity index (χ3n) is 0.425. The van der Waals surface area contributed by atoms with Crippen LogP contribution in [0.3, 0.4) is 0 Å². The van der Waals surface area contributed by atoms with E-state index in [2.05, 4.69) is 0 Å². The molecule has 0 aromatic rings. The van der Waals surface area contributed by atoms with Gasteiger partial charge in [-0.3, -0.25) is 0 Å². The minimum atomic E-state index is -2.20. The molecule has 0 aromatic carbocycles. The molecule has 0 bridgehead atoms. The van der Waals surface area contributed by atoms with Gasteiger partial charge in [0.1, 0.15) is 0 Å². The predicted molar refractivity (Wildman–Crippen MR) is 31.1 cm³/mol. The lowest BCUT2D eigenvalue weighted by atomic mass is 10.2. The Labute approximate surface area is 50.3 Å². The van der Waals surface area contributed by atoms with Crippen molar-refractivity contribution in [3.05, 3.63) is 11.6 Å². The molecule has 1 atom stereocenters. The molecule has 1 heteroatoms. The molecule has 1 N–H and O–H groups in total. The van der Waals surface area contributed by atoms with E-state index < -0.39 is 12.9 Å². The molecule has 0 saturated heterocycles. The highest BCUT2D eigenvalue weighted by molar-refractivity contribution is 4.95. The Balaban J connectivity index is 4.49. The summed E-state index contributed by atoms with van der Waals surface area (Å²) in [5.41, 5.74) is 0.0394. The Morgan fingerprint density at radius 2 is 2.71 bits per heavy atom. The van der Waals surface area contributed by atoms with E-state index in [-0.39, 0.29) is 5.57 Å². The normalized spacial score (nSPS) is 31.6.